The Morgan fingerprint density at radius 2 is 1.89 bits per heavy atom. The standard InChI is InChI=1S/C16H24O2/c1-12(2)13-5-7-14(8-6-13)16(17)10-9-15-4-3-11-18-15/h5-8,12,15-17H,3-4,9-11H2,1-2H3. The highest BCUT2D eigenvalue weighted by Crippen LogP contribution is 2.25. The number of aliphatic hydroxyl groups is 1. The van der Waals surface area contributed by atoms with Crippen molar-refractivity contribution in [3.05, 3.63) is 35.4 Å². The summed E-state index contributed by atoms with van der Waals surface area (Å²) in [5.41, 5.74) is 2.35. The van der Waals surface area contributed by atoms with Gasteiger partial charge in [-0.15, -0.1) is 0 Å². The molecule has 1 saturated heterocycles. The van der Waals surface area contributed by atoms with Gasteiger partial charge >= 0.3 is 0 Å². The number of benzene rings is 1. The Balaban J connectivity index is 1.85. The van der Waals surface area contributed by atoms with E-state index in [9.17, 15) is 5.11 Å². The second-order valence-electron chi connectivity index (χ2n) is 5.55. The first-order valence-corrected chi connectivity index (χ1v) is 7.06. The van der Waals surface area contributed by atoms with Crippen molar-refractivity contribution in [2.75, 3.05) is 6.61 Å². The molecule has 0 aromatic heterocycles. The number of hydrogen-bond donors (Lipinski definition) is 1. The van der Waals surface area contributed by atoms with Crippen LogP contribution in [-0.2, 0) is 4.74 Å². The van der Waals surface area contributed by atoms with Crippen molar-refractivity contribution in [1.82, 2.24) is 0 Å². The molecule has 0 spiro atoms. The molecule has 0 bridgehead atoms. The van der Waals surface area contributed by atoms with E-state index in [2.05, 4.69) is 38.1 Å². The molecule has 2 heteroatoms. The van der Waals surface area contributed by atoms with Crippen LogP contribution in [0.3, 0.4) is 0 Å². The van der Waals surface area contributed by atoms with Crippen LogP contribution in [0.15, 0.2) is 24.3 Å². The van der Waals surface area contributed by atoms with Gasteiger partial charge in [-0.25, -0.2) is 0 Å². The highest BCUT2D eigenvalue weighted by molar-refractivity contribution is 5.26. The minimum absolute atomic E-state index is 0.351. The third kappa shape index (κ3) is 3.56. The van der Waals surface area contributed by atoms with Crippen LogP contribution in [0.25, 0.3) is 0 Å². The van der Waals surface area contributed by atoms with Gasteiger partial charge in [0.1, 0.15) is 0 Å². The maximum atomic E-state index is 10.2. The first-order valence-electron chi connectivity index (χ1n) is 7.06. The van der Waals surface area contributed by atoms with Crippen molar-refractivity contribution in [2.24, 2.45) is 0 Å². The van der Waals surface area contributed by atoms with Crippen molar-refractivity contribution >= 4 is 0 Å². The van der Waals surface area contributed by atoms with Gasteiger partial charge in [0.2, 0.25) is 0 Å². The van der Waals surface area contributed by atoms with Gasteiger partial charge in [0.15, 0.2) is 0 Å². The van der Waals surface area contributed by atoms with Gasteiger partial charge in [-0.2, -0.15) is 0 Å². The molecular weight excluding hydrogens is 224 g/mol. The minimum atomic E-state index is -0.351. The van der Waals surface area contributed by atoms with E-state index in [1.54, 1.807) is 0 Å². The molecule has 1 fully saturated rings. The molecular formula is C16H24O2. The van der Waals surface area contributed by atoms with Crippen molar-refractivity contribution in [3.63, 3.8) is 0 Å². The largest absolute Gasteiger partial charge is 0.388 e. The molecule has 0 aliphatic carbocycles. The first kappa shape index (κ1) is 13.6. The fraction of sp³-hybridized carbons (Fsp3) is 0.625. The van der Waals surface area contributed by atoms with E-state index in [1.165, 1.54) is 12.0 Å². The summed E-state index contributed by atoms with van der Waals surface area (Å²) in [5.74, 6) is 0.545. The predicted octanol–water partition coefficient (Wildman–Crippen LogP) is 3.80. The maximum absolute atomic E-state index is 10.2. The average Bonchev–Trinajstić information content (AvgIpc) is 2.89. The van der Waals surface area contributed by atoms with Crippen LogP contribution in [0.4, 0.5) is 0 Å². The Morgan fingerprint density at radius 1 is 1.22 bits per heavy atom. The third-order valence-corrected chi connectivity index (χ3v) is 3.77. The molecule has 2 nitrogen and oxygen atoms in total. The Bertz CT molecular complexity index is 350. The van der Waals surface area contributed by atoms with E-state index in [0.29, 0.717) is 12.0 Å². The third-order valence-electron chi connectivity index (χ3n) is 3.77. The molecule has 1 N–H and O–H groups in total. The molecule has 0 amide bonds. The fourth-order valence-electron chi connectivity index (χ4n) is 2.49. The summed E-state index contributed by atoms with van der Waals surface area (Å²) in [4.78, 5) is 0. The highest BCUT2D eigenvalue weighted by atomic mass is 16.5. The fourth-order valence-corrected chi connectivity index (χ4v) is 2.49. The minimum Gasteiger partial charge on any atom is -0.388 e. The van der Waals surface area contributed by atoms with E-state index in [0.717, 1.165) is 31.4 Å². The van der Waals surface area contributed by atoms with Crippen molar-refractivity contribution in [2.45, 2.75) is 57.7 Å². The van der Waals surface area contributed by atoms with Gasteiger partial charge in [-0.05, 0) is 42.7 Å². The SMILES string of the molecule is CC(C)c1ccc(C(O)CCC2CCCO2)cc1. The molecule has 100 valence electrons. The second kappa shape index (κ2) is 6.35. The summed E-state index contributed by atoms with van der Waals surface area (Å²) in [5, 5.41) is 10.2. The Morgan fingerprint density at radius 3 is 2.44 bits per heavy atom. The zero-order valence-electron chi connectivity index (χ0n) is 11.4. The van der Waals surface area contributed by atoms with Gasteiger partial charge in [0.05, 0.1) is 12.2 Å². The summed E-state index contributed by atoms with van der Waals surface area (Å²) in [7, 11) is 0. The van der Waals surface area contributed by atoms with Crippen LogP contribution in [0.5, 0.6) is 0 Å². The van der Waals surface area contributed by atoms with E-state index in [4.69, 9.17) is 4.74 Å². The molecule has 1 aliphatic rings. The molecule has 2 rings (SSSR count). The molecule has 0 radical (unpaired) electrons. The lowest BCUT2D eigenvalue weighted by Crippen LogP contribution is -2.08. The van der Waals surface area contributed by atoms with Gasteiger partial charge in [-0.3, -0.25) is 0 Å². The van der Waals surface area contributed by atoms with E-state index < -0.39 is 0 Å². The summed E-state index contributed by atoms with van der Waals surface area (Å²) < 4.78 is 5.58. The van der Waals surface area contributed by atoms with E-state index in [1.807, 2.05) is 0 Å². The van der Waals surface area contributed by atoms with Crippen LogP contribution >= 0.6 is 0 Å². The highest BCUT2D eigenvalue weighted by Gasteiger charge is 2.17. The molecule has 1 aromatic rings. The summed E-state index contributed by atoms with van der Waals surface area (Å²) in [6, 6.07) is 8.34. The second-order valence-corrected chi connectivity index (χ2v) is 5.55. The monoisotopic (exact) mass is 248 g/mol. The number of rotatable bonds is 5. The number of aliphatic hydroxyl groups excluding tert-OH is 1. The summed E-state index contributed by atoms with van der Waals surface area (Å²) in [6.07, 6.45) is 4.10. The molecule has 2 atom stereocenters. The zero-order chi connectivity index (χ0) is 13.0. The molecule has 1 aromatic carbocycles. The van der Waals surface area contributed by atoms with Gasteiger partial charge < -0.3 is 9.84 Å². The predicted molar refractivity (Wildman–Crippen MR) is 73.7 cm³/mol. The van der Waals surface area contributed by atoms with Gasteiger partial charge in [0, 0.05) is 6.61 Å². The lowest BCUT2D eigenvalue weighted by molar-refractivity contribution is 0.0812. The summed E-state index contributed by atoms with van der Waals surface area (Å²) in [6.45, 7) is 5.26. The van der Waals surface area contributed by atoms with Crippen LogP contribution < -0.4 is 0 Å². The quantitative estimate of drug-likeness (QED) is 0.858. The number of ether oxygens (including phenoxy) is 1. The van der Waals surface area contributed by atoms with Crippen molar-refractivity contribution < 1.29 is 9.84 Å². The zero-order valence-corrected chi connectivity index (χ0v) is 11.4. The lowest BCUT2D eigenvalue weighted by Gasteiger charge is -2.15. The van der Waals surface area contributed by atoms with Crippen molar-refractivity contribution in [1.29, 1.82) is 0 Å². The number of hydrogen-bond acceptors (Lipinski definition) is 2. The molecule has 18 heavy (non-hydrogen) atoms. The Kier molecular flexibility index (Phi) is 4.79. The smallest absolute Gasteiger partial charge is 0.0791 e. The maximum Gasteiger partial charge on any atom is 0.0791 e. The van der Waals surface area contributed by atoms with Crippen LogP contribution in [-0.4, -0.2) is 17.8 Å². The first-order chi connectivity index (χ1) is 8.66. The van der Waals surface area contributed by atoms with E-state index >= 15 is 0 Å². The van der Waals surface area contributed by atoms with E-state index in [-0.39, 0.29) is 6.10 Å². The van der Waals surface area contributed by atoms with Crippen molar-refractivity contribution in [3.8, 4) is 0 Å². The normalized spacial score (nSPS) is 21.4. The average molecular weight is 248 g/mol. The van der Waals surface area contributed by atoms with Crippen LogP contribution in [0.2, 0.25) is 0 Å². The Hall–Kier alpha value is -0.860. The molecule has 1 heterocycles. The molecule has 1 aliphatic heterocycles. The molecule has 0 saturated carbocycles. The summed E-state index contributed by atoms with van der Waals surface area (Å²) >= 11 is 0. The van der Waals surface area contributed by atoms with Gasteiger partial charge in [0.25, 0.3) is 0 Å². The lowest BCUT2D eigenvalue weighted by atomic mass is 9.97. The molecule has 2 unspecified atom stereocenters. The van der Waals surface area contributed by atoms with Crippen LogP contribution in [0, 0.1) is 0 Å². The van der Waals surface area contributed by atoms with Crippen LogP contribution in [0.1, 0.15) is 62.7 Å². The topological polar surface area (TPSA) is 29.5 Å². The Labute approximate surface area is 110 Å². The van der Waals surface area contributed by atoms with Gasteiger partial charge in [-0.1, -0.05) is 38.1 Å².